The highest BCUT2D eigenvalue weighted by atomic mass is 32.2. The number of benzene rings is 2. The highest BCUT2D eigenvalue weighted by Crippen LogP contribution is 2.26. The van der Waals surface area contributed by atoms with Gasteiger partial charge in [0.15, 0.2) is 5.16 Å². The largest absolute Gasteiger partial charge is 0.277 e. The molecule has 5 heteroatoms. The van der Waals surface area contributed by atoms with E-state index >= 15 is 0 Å². The quantitative estimate of drug-likeness (QED) is 0.671. The topological polar surface area (TPSA) is 54.5 Å². The smallest absolute Gasteiger partial charge is 0.196 e. The molecule has 23 heavy (non-hydrogen) atoms. The lowest BCUT2D eigenvalue weighted by Crippen LogP contribution is -2.06. The van der Waals surface area contributed by atoms with Crippen LogP contribution in [0.1, 0.15) is 11.1 Å². The van der Waals surface area contributed by atoms with Crippen molar-refractivity contribution in [2.75, 3.05) is 0 Å². The number of aromatic nitrogens is 3. The summed E-state index contributed by atoms with van der Waals surface area (Å²) in [5, 5.41) is 18.1. The van der Waals surface area contributed by atoms with Crippen molar-refractivity contribution in [3.63, 3.8) is 0 Å². The zero-order chi connectivity index (χ0) is 16.1. The van der Waals surface area contributed by atoms with E-state index in [4.69, 9.17) is 0 Å². The molecule has 3 rings (SSSR count). The lowest BCUT2D eigenvalue weighted by molar-refractivity contribution is 0.875. The second-order valence-electron chi connectivity index (χ2n) is 5.24. The molecule has 0 spiro atoms. The summed E-state index contributed by atoms with van der Waals surface area (Å²) in [5.74, 6) is 0. The number of aryl methyl sites for hydroxylation is 1. The van der Waals surface area contributed by atoms with Crippen molar-refractivity contribution in [1.82, 2.24) is 14.8 Å². The van der Waals surface area contributed by atoms with Gasteiger partial charge in [-0.1, -0.05) is 59.8 Å². The third-order valence-corrected chi connectivity index (χ3v) is 4.53. The van der Waals surface area contributed by atoms with Crippen LogP contribution in [0.2, 0.25) is 0 Å². The van der Waals surface area contributed by atoms with Gasteiger partial charge in [-0.05, 0) is 31.0 Å². The van der Waals surface area contributed by atoms with E-state index in [-0.39, 0.29) is 5.25 Å². The van der Waals surface area contributed by atoms with Crippen LogP contribution >= 0.6 is 11.8 Å². The molecule has 0 fully saturated rings. The molecule has 1 aromatic heterocycles. The summed E-state index contributed by atoms with van der Waals surface area (Å²) in [4.78, 5) is 0. The molecule has 0 bridgehead atoms. The number of hydrogen-bond acceptors (Lipinski definition) is 4. The molecule has 0 aliphatic carbocycles. The van der Waals surface area contributed by atoms with E-state index in [0.717, 1.165) is 16.4 Å². The van der Waals surface area contributed by atoms with Crippen LogP contribution in [-0.4, -0.2) is 20.0 Å². The summed E-state index contributed by atoms with van der Waals surface area (Å²) in [6, 6.07) is 20.5. The first-order valence-electron chi connectivity index (χ1n) is 7.33. The Labute approximate surface area is 139 Å². The van der Waals surface area contributed by atoms with Crippen LogP contribution in [0.5, 0.6) is 0 Å². The van der Waals surface area contributed by atoms with Gasteiger partial charge >= 0.3 is 0 Å². The average Bonchev–Trinajstić information content (AvgIpc) is 3.05. The van der Waals surface area contributed by atoms with Crippen LogP contribution in [0, 0.1) is 18.3 Å². The van der Waals surface area contributed by atoms with Crippen molar-refractivity contribution in [3.8, 4) is 11.8 Å². The van der Waals surface area contributed by atoms with E-state index < -0.39 is 0 Å². The zero-order valence-electron chi connectivity index (χ0n) is 12.8. The predicted molar refractivity (Wildman–Crippen MR) is 91.5 cm³/mol. The molecule has 0 saturated carbocycles. The highest BCUT2D eigenvalue weighted by molar-refractivity contribution is 8.00. The second-order valence-corrected chi connectivity index (χ2v) is 6.41. The summed E-state index contributed by atoms with van der Waals surface area (Å²) in [6.07, 6.45) is 2.36. The standard InChI is InChI=1S/C18H16N4S/c1-14-7-9-15(10-8-14)11-17(12-19)23-18-21-20-13-22(18)16-5-3-2-4-6-16/h2-10,13,17H,11H2,1H3/t17-/m0/s1. The molecule has 0 amide bonds. The van der Waals surface area contributed by atoms with Gasteiger partial charge in [-0.2, -0.15) is 5.26 Å². The molecule has 0 aliphatic rings. The minimum Gasteiger partial charge on any atom is -0.277 e. The minimum atomic E-state index is -0.204. The van der Waals surface area contributed by atoms with Gasteiger partial charge in [0.1, 0.15) is 11.6 Å². The van der Waals surface area contributed by atoms with Crippen LogP contribution in [-0.2, 0) is 6.42 Å². The third-order valence-electron chi connectivity index (χ3n) is 3.48. The summed E-state index contributed by atoms with van der Waals surface area (Å²) >= 11 is 1.44. The van der Waals surface area contributed by atoms with E-state index in [1.165, 1.54) is 17.3 Å². The fraction of sp³-hybridized carbons (Fsp3) is 0.167. The fourth-order valence-corrected chi connectivity index (χ4v) is 3.19. The number of nitrogens with zero attached hydrogens (tertiary/aromatic N) is 4. The Morgan fingerprint density at radius 3 is 2.57 bits per heavy atom. The van der Waals surface area contributed by atoms with E-state index in [2.05, 4.69) is 47.5 Å². The fourth-order valence-electron chi connectivity index (χ4n) is 2.25. The van der Waals surface area contributed by atoms with Crippen LogP contribution in [0.25, 0.3) is 5.69 Å². The highest BCUT2D eigenvalue weighted by Gasteiger charge is 2.15. The molecule has 1 heterocycles. The van der Waals surface area contributed by atoms with Gasteiger partial charge in [-0.15, -0.1) is 10.2 Å². The first-order valence-corrected chi connectivity index (χ1v) is 8.21. The maximum absolute atomic E-state index is 9.47. The van der Waals surface area contributed by atoms with Crippen molar-refractivity contribution in [3.05, 3.63) is 72.1 Å². The van der Waals surface area contributed by atoms with Crippen LogP contribution in [0.3, 0.4) is 0 Å². The number of nitriles is 1. The monoisotopic (exact) mass is 320 g/mol. The Bertz CT molecular complexity index is 803. The van der Waals surface area contributed by atoms with Crippen LogP contribution in [0.15, 0.2) is 66.1 Å². The Balaban J connectivity index is 1.77. The lowest BCUT2D eigenvalue weighted by atomic mass is 10.1. The Kier molecular flexibility index (Phi) is 4.74. The van der Waals surface area contributed by atoms with E-state index in [1.54, 1.807) is 6.33 Å². The van der Waals surface area contributed by atoms with Crippen molar-refractivity contribution in [2.45, 2.75) is 23.8 Å². The molecular weight excluding hydrogens is 304 g/mol. The van der Waals surface area contributed by atoms with Crippen molar-refractivity contribution >= 4 is 11.8 Å². The lowest BCUT2D eigenvalue weighted by Gasteiger charge is -2.10. The zero-order valence-corrected chi connectivity index (χ0v) is 13.6. The molecular formula is C18H16N4S. The van der Waals surface area contributed by atoms with Crippen LogP contribution in [0.4, 0.5) is 0 Å². The molecule has 0 radical (unpaired) electrons. The molecule has 114 valence electrons. The van der Waals surface area contributed by atoms with Gasteiger partial charge in [-0.25, -0.2) is 0 Å². The summed E-state index contributed by atoms with van der Waals surface area (Å²) in [6.45, 7) is 2.06. The van der Waals surface area contributed by atoms with E-state index in [1.807, 2.05) is 34.9 Å². The maximum atomic E-state index is 9.47. The molecule has 0 N–H and O–H groups in total. The normalized spacial score (nSPS) is 11.8. The average molecular weight is 320 g/mol. The first kappa shape index (κ1) is 15.3. The minimum absolute atomic E-state index is 0.204. The SMILES string of the molecule is Cc1ccc(C[C@@H](C#N)Sc2nncn2-c2ccccc2)cc1. The molecule has 1 atom stereocenters. The number of hydrogen-bond donors (Lipinski definition) is 0. The summed E-state index contributed by atoms with van der Waals surface area (Å²) < 4.78 is 1.91. The summed E-state index contributed by atoms with van der Waals surface area (Å²) in [7, 11) is 0. The number of rotatable bonds is 5. The second kappa shape index (κ2) is 7.12. The number of para-hydroxylation sites is 1. The molecule has 3 aromatic rings. The Hall–Kier alpha value is -2.58. The van der Waals surface area contributed by atoms with Crippen molar-refractivity contribution in [2.24, 2.45) is 0 Å². The van der Waals surface area contributed by atoms with E-state index in [0.29, 0.717) is 6.42 Å². The Morgan fingerprint density at radius 2 is 1.87 bits per heavy atom. The van der Waals surface area contributed by atoms with E-state index in [9.17, 15) is 5.26 Å². The van der Waals surface area contributed by atoms with Gasteiger partial charge in [0.05, 0.1) is 6.07 Å². The van der Waals surface area contributed by atoms with Gasteiger partial charge in [0, 0.05) is 5.69 Å². The van der Waals surface area contributed by atoms with Crippen molar-refractivity contribution < 1.29 is 0 Å². The molecule has 0 saturated heterocycles. The first-order chi connectivity index (χ1) is 11.3. The molecule has 4 nitrogen and oxygen atoms in total. The third kappa shape index (κ3) is 3.79. The Morgan fingerprint density at radius 1 is 1.13 bits per heavy atom. The van der Waals surface area contributed by atoms with Crippen LogP contribution < -0.4 is 0 Å². The van der Waals surface area contributed by atoms with Gasteiger partial charge in [0.25, 0.3) is 0 Å². The van der Waals surface area contributed by atoms with Gasteiger partial charge in [-0.3, -0.25) is 4.57 Å². The number of thioether (sulfide) groups is 1. The predicted octanol–water partition coefficient (Wildman–Crippen LogP) is 3.80. The van der Waals surface area contributed by atoms with Crippen molar-refractivity contribution in [1.29, 1.82) is 5.26 Å². The molecule has 2 aromatic carbocycles. The molecule has 0 aliphatic heterocycles. The molecule has 0 unspecified atom stereocenters. The van der Waals surface area contributed by atoms with Gasteiger partial charge in [0.2, 0.25) is 0 Å². The van der Waals surface area contributed by atoms with Gasteiger partial charge < -0.3 is 0 Å². The summed E-state index contributed by atoms with van der Waals surface area (Å²) in [5.41, 5.74) is 3.37. The maximum Gasteiger partial charge on any atom is 0.196 e.